The number of benzene rings is 1. The third-order valence-corrected chi connectivity index (χ3v) is 9.02. The fourth-order valence-corrected chi connectivity index (χ4v) is 7.10. The second kappa shape index (κ2) is 12.7. The Balaban J connectivity index is 1.30. The number of ether oxygens (including phenoxy) is 2. The zero-order chi connectivity index (χ0) is 24.6. The van der Waals surface area contributed by atoms with Crippen molar-refractivity contribution in [3.8, 4) is 11.5 Å². The molecule has 0 aliphatic heterocycles. The minimum absolute atomic E-state index is 0.0115. The van der Waals surface area contributed by atoms with Gasteiger partial charge in [-0.3, -0.25) is 4.79 Å². The van der Waals surface area contributed by atoms with E-state index in [0.29, 0.717) is 24.2 Å². The van der Waals surface area contributed by atoms with E-state index < -0.39 is 5.82 Å². The molecule has 0 heterocycles. The fraction of sp³-hybridized carbons (Fsp3) is 0.645. The van der Waals surface area contributed by atoms with Crippen molar-refractivity contribution >= 4 is 5.97 Å². The van der Waals surface area contributed by atoms with Crippen molar-refractivity contribution in [2.45, 2.75) is 84.0 Å². The normalized spacial score (nSPS) is 31.0. The van der Waals surface area contributed by atoms with E-state index in [1.807, 2.05) is 19.1 Å². The van der Waals surface area contributed by atoms with Crippen LogP contribution in [0.25, 0.3) is 0 Å². The Bertz CT molecular complexity index is 870. The maximum atomic E-state index is 14.6. The number of carbonyl (C=O) groups excluding carboxylic acids is 1. The van der Waals surface area contributed by atoms with Crippen LogP contribution < -0.4 is 9.47 Å². The maximum Gasteiger partial charge on any atom is 0.314 e. The van der Waals surface area contributed by atoms with E-state index in [9.17, 15) is 9.18 Å². The first kappa shape index (κ1) is 26.0. The van der Waals surface area contributed by atoms with Crippen molar-refractivity contribution in [2.75, 3.05) is 6.61 Å². The van der Waals surface area contributed by atoms with E-state index in [1.165, 1.54) is 63.5 Å². The highest BCUT2D eigenvalue weighted by Gasteiger charge is 2.43. The molecule has 4 heteroatoms. The largest absolute Gasteiger partial charge is 0.489 e. The third-order valence-electron chi connectivity index (χ3n) is 9.02. The molecular weight excluding hydrogens is 439 g/mol. The van der Waals surface area contributed by atoms with Crippen LogP contribution in [0.4, 0.5) is 4.39 Å². The lowest BCUT2D eigenvalue weighted by Crippen LogP contribution is -2.40. The van der Waals surface area contributed by atoms with Crippen LogP contribution in [0.2, 0.25) is 0 Å². The molecule has 0 saturated heterocycles. The molecule has 3 nitrogen and oxygen atoms in total. The highest BCUT2D eigenvalue weighted by Crippen LogP contribution is 2.50. The van der Waals surface area contributed by atoms with Crippen LogP contribution in [0.1, 0.15) is 84.0 Å². The van der Waals surface area contributed by atoms with E-state index >= 15 is 0 Å². The van der Waals surface area contributed by atoms with E-state index in [-0.39, 0.29) is 17.6 Å². The second-order valence-corrected chi connectivity index (χ2v) is 11.1. The molecule has 35 heavy (non-hydrogen) atoms. The van der Waals surface area contributed by atoms with E-state index in [4.69, 9.17) is 9.47 Å². The SMILES string of the molecule is C=CCCC1CCC(C2CCC3C(CCCC3C(=O)Oc3ccc(OC/C=C/C)cc3F)C2)CC1. The van der Waals surface area contributed by atoms with Crippen LogP contribution in [-0.2, 0) is 4.79 Å². The smallest absolute Gasteiger partial charge is 0.314 e. The highest BCUT2D eigenvalue weighted by molar-refractivity contribution is 5.75. The molecule has 0 aromatic heterocycles. The fourth-order valence-electron chi connectivity index (χ4n) is 7.10. The summed E-state index contributed by atoms with van der Waals surface area (Å²) in [6.07, 6.45) is 20.6. The Labute approximate surface area is 211 Å². The van der Waals surface area contributed by atoms with Crippen LogP contribution in [0, 0.1) is 41.3 Å². The Morgan fingerprint density at radius 2 is 1.86 bits per heavy atom. The van der Waals surface area contributed by atoms with E-state index in [1.54, 1.807) is 6.07 Å². The number of halogens is 1. The van der Waals surface area contributed by atoms with Crippen LogP contribution in [0.15, 0.2) is 43.0 Å². The molecule has 192 valence electrons. The van der Waals surface area contributed by atoms with Gasteiger partial charge in [0.2, 0.25) is 0 Å². The Morgan fingerprint density at radius 1 is 1.06 bits per heavy atom. The summed E-state index contributed by atoms with van der Waals surface area (Å²) in [7, 11) is 0. The lowest BCUT2D eigenvalue weighted by molar-refractivity contribution is -0.144. The quantitative estimate of drug-likeness (QED) is 0.202. The summed E-state index contributed by atoms with van der Waals surface area (Å²) in [6, 6.07) is 4.48. The first-order valence-electron chi connectivity index (χ1n) is 13.9. The summed E-state index contributed by atoms with van der Waals surface area (Å²) in [4.78, 5) is 13.1. The second-order valence-electron chi connectivity index (χ2n) is 11.1. The highest BCUT2D eigenvalue weighted by atomic mass is 19.1. The molecule has 3 aliphatic rings. The van der Waals surface area contributed by atoms with Crippen LogP contribution in [-0.4, -0.2) is 12.6 Å². The van der Waals surface area contributed by atoms with Gasteiger partial charge in [-0.15, -0.1) is 6.58 Å². The molecule has 3 fully saturated rings. The predicted molar refractivity (Wildman–Crippen MR) is 139 cm³/mol. The molecule has 1 aromatic carbocycles. The Morgan fingerprint density at radius 3 is 2.60 bits per heavy atom. The number of hydrogen-bond acceptors (Lipinski definition) is 3. The van der Waals surface area contributed by atoms with Crippen molar-refractivity contribution in [1.29, 1.82) is 0 Å². The number of esters is 1. The number of rotatable bonds is 9. The molecule has 4 rings (SSSR count). The summed E-state index contributed by atoms with van der Waals surface area (Å²) >= 11 is 0. The molecule has 0 amide bonds. The summed E-state index contributed by atoms with van der Waals surface area (Å²) in [6.45, 7) is 6.17. The molecular formula is C31H43FO3. The lowest BCUT2D eigenvalue weighted by Gasteiger charge is -2.46. The number of hydrogen-bond donors (Lipinski definition) is 0. The van der Waals surface area contributed by atoms with Crippen molar-refractivity contribution in [1.82, 2.24) is 0 Å². The van der Waals surface area contributed by atoms with Gasteiger partial charge in [0.1, 0.15) is 12.4 Å². The molecule has 0 radical (unpaired) electrons. The molecule has 0 N–H and O–H groups in total. The third kappa shape index (κ3) is 6.77. The van der Waals surface area contributed by atoms with Crippen LogP contribution in [0.5, 0.6) is 11.5 Å². The number of fused-ring (bicyclic) bond motifs is 1. The Kier molecular flexibility index (Phi) is 9.45. The van der Waals surface area contributed by atoms with Gasteiger partial charge >= 0.3 is 5.97 Å². The monoisotopic (exact) mass is 482 g/mol. The van der Waals surface area contributed by atoms with Gasteiger partial charge in [0.15, 0.2) is 11.6 Å². The van der Waals surface area contributed by atoms with Gasteiger partial charge in [0.05, 0.1) is 5.92 Å². The summed E-state index contributed by atoms with van der Waals surface area (Å²) < 4.78 is 25.7. The van der Waals surface area contributed by atoms with Crippen molar-refractivity contribution in [2.24, 2.45) is 35.5 Å². The van der Waals surface area contributed by atoms with Gasteiger partial charge in [-0.1, -0.05) is 43.9 Å². The molecule has 4 atom stereocenters. The molecule has 3 aliphatic carbocycles. The van der Waals surface area contributed by atoms with Crippen molar-refractivity contribution in [3.63, 3.8) is 0 Å². The van der Waals surface area contributed by atoms with Crippen LogP contribution >= 0.6 is 0 Å². The Hall–Kier alpha value is -2.10. The number of carbonyl (C=O) groups is 1. The minimum atomic E-state index is -0.545. The van der Waals surface area contributed by atoms with Gasteiger partial charge in [-0.25, -0.2) is 4.39 Å². The average molecular weight is 483 g/mol. The van der Waals surface area contributed by atoms with Gasteiger partial charge in [-0.2, -0.15) is 0 Å². The molecule has 3 saturated carbocycles. The van der Waals surface area contributed by atoms with Gasteiger partial charge < -0.3 is 9.47 Å². The molecule has 4 unspecified atom stereocenters. The lowest BCUT2D eigenvalue weighted by atomic mass is 9.59. The number of allylic oxidation sites excluding steroid dienone is 2. The van der Waals surface area contributed by atoms with Gasteiger partial charge in [0.25, 0.3) is 0 Å². The summed E-state index contributed by atoms with van der Waals surface area (Å²) in [5.74, 6) is 3.14. The van der Waals surface area contributed by atoms with Gasteiger partial charge in [0, 0.05) is 6.07 Å². The standard InChI is InChI=1S/C31H43FO3/c1-3-5-8-22-11-13-23(14-12-22)24-15-17-27-25(20-24)9-7-10-28(27)31(33)35-30-18-16-26(21-29(30)32)34-19-6-4-2/h3-4,6,16,18,21-25,27-28H,1,5,7-15,17,19-20H2,2H3/b6-4+. The average Bonchev–Trinajstić information content (AvgIpc) is 2.88. The molecule has 0 spiro atoms. The zero-order valence-corrected chi connectivity index (χ0v) is 21.4. The van der Waals surface area contributed by atoms with Crippen molar-refractivity contribution in [3.05, 3.63) is 48.8 Å². The van der Waals surface area contributed by atoms with E-state index in [2.05, 4.69) is 12.7 Å². The minimum Gasteiger partial charge on any atom is -0.489 e. The zero-order valence-electron chi connectivity index (χ0n) is 21.4. The first-order chi connectivity index (χ1) is 17.1. The molecule has 0 bridgehead atoms. The van der Waals surface area contributed by atoms with Crippen molar-refractivity contribution < 1.29 is 18.7 Å². The summed E-state index contributed by atoms with van der Waals surface area (Å²) in [5.41, 5.74) is 0. The summed E-state index contributed by atoms with van der Waals surface area (Å²) in [5, 5.41) is 0. The molecule has 1 aromatic rings. The first-order valence-corrected chi connectivity index (χ1v) is 13.9. The van der Waals surface area contributed by atoms with Crippen LogP contribution in [0.3, 0.4) is 0 Å². The van der Waals surface area contributed by atoms with E-state index in [0.717, 1.165) is 43.4 Å². The predicted octanol–water partition coefficient (Wildman–Crippen LogP) is 8.29. The maximum absolute atomic E-state index is 14.6. The topological polar surface area (TPSA) is 35.5 Å². The van der Waals surface area contributed by atoms with Gasteiger partial charge in [-0.05, 0) is 100 Å².